The fourth-order valence-corrected chi connectivity index (χ4v) is 1.72. The van der Waals surface area contributed by atoms with Crippen molar-refractivity contribution in [1.82, 2.24) is 0 Å². The number of rotatable bonds is 5. The van der Waals surface area contributed by atoms with E-state index in [1.807, 2.05) is 0 Å². The number of esters is 1. The third kappa shape index (κ3) is 3.41. The fourth-order valence-electron chi connectivity index (χ4n) is 1.72. The van der Waals surface area contributed by atoms with Gasteiger partial charge in [0.2, 0.25) is 0 Å². The zero-order valence-electron chi connectivity index (χ0n) is 10.6. The molecule has 0 aliphatic carbocycles. The van der Waals surface area contributed by atoms with Gasteiger partial charge in [-0.15, -0.1) is 0 Å². The van der Waals surface area contributed by atoms with Gasteiger partial charge in [0.25, 0.3) is 6.43 Å². The number of benzene rings is 1. The summed E-state index contributed by atoms with van der Waals surface area (Å²) in [6.45, 7) is 1.78. The van der Waals surface area contributed by atoms with Crippen molar-refractivity contribution in [2.75, 3.05) is 13.7 Å². The normalized spacial score (nSPS) is 10.1. The summed E-state index contributed by atoms with van der Waals surface area (Å²) in [7, 11) is 1.31. The molecule has 1 aromatic carbocycles. The Hall–Kier alpha value is -2.16. The molecule has 0 aromatic heterocycles. The first-order chi connectivity index (χ1) is 9.04. The second kappa shape index (κ2) is 6.69. The molecular weight excluding hydrogens is 256 g/mol. The van der Waals surface area contributed by atoms with Gasteiger partial charge in [-0.1, -0.05) is 0 Å². The minimum absolute atomic E-state index is 0.00463. The number of methoxy groups -OCH3 is 1. The predicted octanol–water partition coefficient (Wildman–Crippen LogP) is 2.61. The Bertz CT molecular complexity index is 509. The van der Waals surface area contributed by atoms with Crippen LogP contribution >= 0.6 is 0 Å². The number of halogens is 2. The highest BCUT2D eigenvalue weighted by Gasteiger charge is 2.23. The molecule has 0 aliphatic heterocycles. The second-order valence-corrected chi connectivity index (χ2v) is 3.60. The first kappa shape index (κ1) is 14.9. The smallest absolute Gasteiger partial charge is 0.310 e. The summed E-state index contributed by atoms with van der Waals surface area (Å²) < 4.78 is 35.8. The Morgan fingerprint density at radius 3 is 2.63 bits per heavy atom. The fraction of sp³-hybridized carbons (Fsp3) is 0.385. The van der Waals surface area contributed by atoms with Crippen molar-refractivity contribution in [2.24, 2.45) is 0 Å². The summed E-state index contributed by atoms with van der Waals surface area (Å²) in [5, 5.41) is 8.85. The highest BCUT2D eigenvalue weighted by molar-refractivity contribution is 5.75. The van der Waals surface area contributed by atoms with Crippen LogP contribution in [0.15, 0.2) is 12.1 Å². The summed E-state index contributed by atoms with van der Waals surface area (Å²) >= 11 is 0. The first-order valence-corrected chi connectivity index (χ1v) is 5.58. The molecule has 1 rings (SSSR count). The molecule has 0 unspecified atom stereocenters. The summed E-state index contributed by atoms with van der Waals surface area (Å²) in [5.41, 5.74) is -0.653. The minimum Gasteiger partial charge on any atom is -0.496 e. The summed E-state index contributed by atoms with van der Waals surface area (Å²) in [5.74, 6) is -0.500. The molecule has 0 saturated carbocycles. The molecule has 0 spiro atoms. The molecule has 0 heterocycles. The maximum absolute atomic E-state index is 13.1. The highest BCUT2D eigenvalue weighted by atomic mass is 19.3. The molecule has 0 fully saturated rings. The van der Waals surface area contributed by atoms with Crippen molar-refractivity contribution < 1.29 is 23.0 Å². The van der Waals surface area contributed by atoms with E-state index >= 15 is 0 Å². The summed E-state index contributed by atoms with van der Waals surface area (Å²) in [4.78, 5) is 11.4. The highest BCUT2D eigenvalue weighted by Crippen LogP contribution is 2.33. The number of carbonyl (C=O) groups is 1. The Labute approximate surface area is 109 Å². The van der Waals surface area contributed by atoms with Crippen LogP contribution in [-0.2, 0) is 16.0 Å². The van der Waals surface area contributed by atoms with E-state index in [1.165, 1.54) is 19.2 Å². The van der Waals surface area contributed by atoms with Gasteiger partial charge in [-0.2, -0.15) is 5.26 Å². The van der Waals surface area contributed by atoms with Gasteiger partial charge in [0, 0.05) is 11.1 Å². The quantitative estimate of drug-likeness (QED) is 0.771. The molecule has 0 atom stereocenters. The predicted molar refractivity (Wildman–Crippen MR) is 63.0 cm³/mol. The van der Waals surface area contributed by atoms with Gasteiger partial charge in [0.15, 0.2) is 0 Å². The Kier molecular flexibility index (Phi) is 5.24. The van der Waals surface area contributed by atoms with Gasteiger partial charge in [-0.25, -0.2) is 8.78 Å². The number of nitriles is 1. The molecule has 0 bridgehead atoms. The van der Waals surface area contributed by atoms with Crippen LogP contribution in [0.3, 0.4) is 0 Å². The van der Waals surface area contributed by atoms with Gasteiger partial charge >= 0.3 is 5.97 Å². The standard InChI is InChI=1S/C13H13F2NO3/c1-3-19-11(17)6-9-10(18-2)5-4-8(7-16)12(9)13(14)15/h4-5,13H,3,6H2,1-2H3. The van der Waals surface area contributed by atoms with Crippen LogP contribution in [0.4, 0.5) is 8.78 Å². The third-order valence-electron chi connectivity index (χ3n) is 2.50. The number of hydrogen-bond acceptors (Lipinski definition) is 4. The Morgan fingerprint density at radius 1 is 1.47 bits per heavy atom. The van der Waals surface area contributed by atoms with Crippen LogP contribution in [0, 0.1) is 11.3 Å². The van der Waals surface area contributed by atoms with Crippen molar-refractivity contribution >= 4 is 5.97 Å². The lowest BCUT2D eigenvalue weighted by molar-refractivity contribution is -0.142. The van der Waals surface area contributed by atoms with Gasteiger partial charge in [-0.3, -0.25) is 4.79 Å². The lowest BCUT2D eigenvalue weighted by Gasteiger charge is -2.14. The van der Waals surface area contributed by atoms with Crippen molar-refractivity contribution in [3.05, 3.63) is 28.8 Å². The molecule has 19 heavy (non-hydrogen) atoms. The number of nitrogens with zero attached hydrogens (tertiary/aromatic N) is 1. The third-order valence-corrected chi connectivity index (χ3v) is 2.50. The summed E-state index contributed by atoms with van der Waals surface area (Å²) in [6.07, 6.45) is -3.22. The number of carbonyl (C=O) groups excluding carboxylic acids is 1. The molecule has 102 valence electrons. The van der Waals surface area contributed by atoms with Crippen LogP contribution < -0.4 is 4.74 Å². The number of ether oxygens (including phenoxy) is 2. The second-order valence-electron chi connectivity index (χ2n) is 3.60. The van der Waals surface area contributed by atoms with Crippen LogP contribution in [-0.4, -0.2) is 19.7 Å². The number of alkyl halides is 2. The monoisotopic (exact) mass is 269 g/mol. The molecule has 0 amide bonds. The van der Waals surface area contributed by atoms with Crippen molar-refractivity contribution in [2.45, 2.75) is 19.8 Å². The van der Waals surface area contributed by atoms with Crippen LogP contribution in [0.1, 0.15) is 30.0 Å². The average molecular weight is 269 g/mol. The maximum Gasteiger partial charge on any atom is 0.310 e. The van der Waals surface area contributed by atoms with Gasteiger partial charge in [0.05, 0.1) is 31.8 Å². The molecule has 0 radical (unpaired) electrons. The SMILES string of the molecule is CCOC(=O)Cc1c(OC)ccc(C#N)c1C(F)F. The lowest BCUT2D eigenvalue weighted by Crippen LogP contribution is -2.12. The van der Waals surface area contributed by atoms with E-state index in [9.17, 15) is 13.6 Å². The van der Waals surface area contributed by atoms with Crippen molar-refractivity contribution in [1.29, 1.82) is 5.26 Å². The first-order valence-electron chi connectivity index (χ1n) is 5.58. The number of hydrogen-bond donors (Lipinski definition) is 0. The molecule has 0 N–H and O–H groups in total. The van der Waals surface area contributed by atoms with Crippen LogP contribution in [0.2, 0.25) is 0 Å². The largest absolute Gasteiger partial charge is 0.496 e. The molecular formula is C13H13F2NO3. The van der Waals surface area contributed by atoms with E-state index in [0.717, 1.165) is 0 Å². The molecule has 0 aliphatic rings. The van der Waals surface area contributed by atoms with E-state index in [-0.39, 0.29) is 29.9 Å². The van der Waals surface area contributed by atoms with Gasteiger partial charge in [-0.05, 0) is 19.1 Å². The van der Waals surface area contributed by atoms with E-state index in [2.05, 4.69) is 0 Å². The molecule has 4 nitrogen and oxygen atoms in total. The van der Waals surface area contributed by atoms with Gasteiger partial charge < -0.3 is 9.47 Å². The molecule has 6 heteroatoms. The van der Waals surface area contributed by atoms with Crippen molar-refractivity contribution in [3.8, 4) is 11.8 Å². The lowest BCUT2D eigenvalue weighted by atomic mass is 9.98. The Morgan fingerprint density at radius 2 is 2.16 bits per heavy atom. The van der Waals surface area contributed by atoms with E-state index in [1.54, 1.807) is 13.0 Å². The van der Waals surface area contributed by atoms with Crippen LogP contribution in [0.25, 0.3) is 0 Å². The van der Waals surface area contributed by atoms with Crippen molar-refractivity contribution in [3.63, 3.8) is 0 Å². The molecule has 1 aromatic rings. The average Bonchev–Trinajstić information content (AvgIpc) is 2.37. The zero-order chi connectivity index (χ0) is 14.4. The Balaban J connectivity index is 3.31. The van der Waals surface area contributed by atoms with Crippen LogP contribution in [0.5, 0.6) is 5.75 Å². The maximum atomic E-state index is 13.1. The minimum atomic E-state index is -2.87. The molecule has 0 saturated heterocycles. The summed E-state index contributed by atoms with van der Waals surface area (Å²) in [6, 6.07) is 4.32. The van der Waals surface area contributed by atoms with Gasteiger partial charge in [0.1, 0.15) is 5.75 Å². The van der Waals surface area contributed by atoms with E-state index in [0.29, 0.717) is 0 Å². The van der Waals surface area contributed by atoms with E-state index in [4.69, 9.17) is 14.7 Å². The topological polar surface area (TPSA) is 59.3 Å². The zero-order valence-corrected chi connectivity index (χ0v) is 10.6. The van der Waals surface area contributed by atoms with E-state index < -0.39 is 18.0 Å².